The van der Waals surface area contributed by atoms with Crippen molar-refractivity contribution in [3.05, 3.63) is 96.2 Å². The van der Waals surface area contributed by atoms with Crippen LogP contribution in [-0.4, -0.2) is 11.1 Å². The number of carbonyl (C=O) groups excluding carboxylic acids is 2. The third-order valence-electron chi connectivity index (χ3n) is 4.49. The van der Waals surface area contributed by atoms with Crippen LogP contribution in [0.2, 0.25) is 15.1 Å². The molecule has 9 heteroatoms. The summed E-state index contributed by atoms with van der Waals surface area (Å²) in [5.74, 6) is 0.235. The lowest BCUT2D eigenvalue weighted by Crippen LogP contribution is -2.27. The van der Waals surface area contributed by atoms with Crippen molar-refractivity contribution in [2.24, 2.45) is 0 Å². The highest BCUT2D eigenvalue weighted by molar-refractivity contribution is 9.10. The monoisotopic (exact) mass is 567 g/mol. The standard InChI is InChI=1S/C23H13BrCl3NO3S/c24-17-8-13(5-7-20(17)31-12-14-4-6-18(26)19(27)9-14)10-21-22(29)28(23(30)32-21)16-3-1-2-15(25)11-16/h1-11H,12H2/b21-10+. The van der Waals surface area contributed by atoms with Crippen LogP contribution in [0.1, 0.15) is 11.1 Å². The molecule has 1 aliphatic heterocycles. The molecule has 0 bridgehead atoms. The minimum Gasteiger partial charge on any atom is -0.488 e. The Morgan fingerprint density at radius 2 is 1.78 bits per heavy atom. The lowest BCUT2D eigenvalue weighted by Gasteiger charge is -2.12. The minimum atomic E-state index is -0.390. The van der Waals surface area contributed by atoms with E-state index >= 15 is 0 Å². The number of anilines is 1. The van der Waals surface area contributed by atoms with Gasteiger partial charge >= 0.3 is 0 Å². The normalized spacial score (nSPS) is 15.0. The van der Waals surface area contributed by atoms with E-state index in [1.807, 2.05) is 18.2 Å². The second-order valence-corrected chi connectivity index (χ2v) is 9.82. The number of halogens is 4. The van der Waals surface area contributed by atoms with Crippen molar-refractivity contribution in [3.63, 3.8) is 0 Å². The average molecular weight is 570 g/mol. The molecular weight excluding hydrogens is 557 g/mol. The van der Waals surface area contributed by atoms with Crippen LogP contribution in [0.25, 0.3) is 6.08 Å². The Morgan fingerprint density at radius 3 is 2.50 bits per heavy atom. The van der Waals surface area contributed by atoms with E-state index in [4.69, 9.17) is 39.5 Å². The first-order valence-corrected chi connectivity index (χ1v) is 12.0. The zero-order valence-electron chi connectivity index (χ0n) is 16.2. The third kappa shape index (κ3) is 5.16. The fraction of sp³-hybridized carbons (Fsp3) is 0.0435. The summed E-state index contributed by atoms with van der Waals surface area (Å²) in [4.78, 5) is 26.7. The van der Waals surface area contributed by atoms with Crippen molar-refractivity contribution in [1.82, 2.24) is 0 Å². The molecule has 0 saturated carbocycles. The van der Waals surface area contributed by atoms with Crippen LogP contribution >= 0.6 is 62.5 Å². The van der Waals surface area contributed by atoms with E-state index in [2.05, 4.69) is 15.9 Å². The van der Waals surface area contributed by atoms with Crippen molar-refractivity contribution in [2.45, 2.75) is 6.61 Å². The van der Waals surface area contributed by atoms with Crippen molar-refractivity contribution in [3.8, 4) is 5.75 Å². The van der Waals surface area contributed by atoms with E-state index in [0.717, 1.165) is 27.8 Å². The Hall–Kier alpha value is -1.96. The summed E-state index contributed by atoms with van der Waals surface area (Å²) in [6.07, 6.45) is 1.67. The van der Waals surface area contributed by atoms with Crippen LogP contribution in [-0.2, 0) is 11.4 Å². The first kappa shape index (κ1) is 23.2. The van der Waals surface area contributed by atoms with Crippen molar-refractivity contribution in [1.29, 1.82) is 0 Å². The molecule has 3 aromatic rings. The zero-order chi connectivity index (χ0) is 22.8. The molecule has 0 radical (unpaired) electrons. The number of rotatable bonds is 5. The highest BCUT2D eigenvalue weighted by Crippen LogP contribution is 2.37. The average Bonchev–Trinajstić information content (AvgIpc) is 3.02. The number of imide groups is 1. The van der Waals surface area contributed by atoms with Crippen LogP contribution < -0.4 is 9.64 Å². The van der Waals surface area contributed by atoms with Gasteiger partial charge in [0, 0.05) is 5.02 Å². The van der Waals surface area contributed by atoms with Gasteiger partial charge in [0.15, 0.2) is 0 Å². The summed E-state index contributed by atoms with van der Waals surface area (Å²) in [6, 6.07) is 17.3. The summed E-state index contributed by atoms with van der Waals surface area (Å²) < 4.78 is 6.56. The summed E-state index contributed by atoms with van der Waals surface area (Å²) >= 11 is 22.4. The number of thioether (sulfide) groups is 1. The van der Waals surface area contributed by atoms with Crippen molar-refractivity contribution >= 4 is 85.4 Å². The summed E-state index contributed by atoms with van der Waals surface area (Å²) in [5.41, 5.74) is 2.07. The van der Waals surface area contributed by atoms with Crippen LogP contribution in [0, 0.1) is 0 Å². The maximum Gasteiger partial charge on any atom is 0.298 e. The molecule has 0 spiro atoms. The smallest absolute Gasteiger partial charge is 0.298 e. The first-order valence-electron chi connectivity index (χ1n) is 9.21. The molecule has 0 atom stereocenters. The van der Waals surface area contributed by atoms with Crippen molar-refractivity contribution in [2.75, 3.05) is 4.90 Å². The van der Waals surface area contributed by atoms with Gasteiger partial charge < -0.3 is 4.74 Å². The molecule has 1 fully saturated rings. The van der Waals surface area contributed by atoms with Gasteiger partial charge in [0.25, 0.3) is 11.1 Å². The Morgan fingerprint density at radius 1 is 0.969 bits per heavy atom. The van der Waals surface area contributed by atoms with E-state index in [1.54, 1.807) is 48.5 Å². The molecule has 1 aliphatic rings. The van der Waals surface area contributed by atoms with Gasteiger partial charge in [-0.2, -0.15) is 0 Å². The predicted octanol–water partition coefficient (Wildman–Crippen LogP) is 8.23. The van der Waals surface area contributed by atoms with Gasteiger partial charge in [0.2, 0.25) is 0 Å². The van der Waals surface area contributed by atoms with Gasteiger partial charge in [-0.25, -0.2) is 4.90 Å². The number of hydrogen-bond acceptors (Lipinski definition) is 4. The number of amides is 2. The SMILES string of the molecule is O=C1S/C(=C/c2ccc(OCc3ccc(Cl)c(Cl)c3)c(Br)c2)C(=O)N1c1cccc(Cl)c1. The maximum absolute atomic E-state index is 12.8. The largest absolute Gasteiger partial charge is 0.488 e. The van der Waals surface area contributed by atoms with Crippen LogP contribution in [0.4, 0.5) is 10.5 Å². The van der Waals surface area contributed by atoms with E-state index in [1.165, 1.54) is 0 Å². The van der Waals surface area contributed by atoms with Gasteiger partial charge in [-0.15, -0.1) is 0 Å². The number of carbonyl (C=O) groups is 2. The lowest BCUT2D eigenvalue weighted by molar-refractivity contribution is -0.113. The molecule has 4 rings (SSSR count). The molecular formula is C23H13BrCl3NO3S. The van der Waals surface area contributed by atoms with E-state index in [9.17, 15) is 9.59 Å². The number of hydrogen-bond donors (Lipinski definition) is 0. The molecule has 162 valence electrons. The molecule has 0 unspecified atom stereocenters. The molecule has 0 aromatic heterocycles. The highest BCUT2D eigenvalue weighted by atomic mass is 79.9. The first-order chi connectivity index (χ1) is 15.3. The molecule has 1 heterocycles. The van der Waals surface area contributed by atoms with E-state index in [-0.39, 0.29) is 5.24 Å². The maximum atomic E-state index is 12.8. The molecule has 32 heavy (non-hydrogen) atoms. The van der Waals surface area contributed by atoms with Gasteiger partial charge in [-0.1, -0.05) is 53.0 Å². The summed E-state index contributed by atoms with van der Waals surface area (Å²) in [5, 5.41) is 1.03. The molecule has 4 nitrogen and oxygen atoms in total. The van der Waals surface area contributed by atoms with Gasteiger partial charge in [-0.3, -0.25) is 9.59 Å². The number of benzene rings is 3. The quantitative estimate of drug-likeness (QED) is 0.291. The van der Waals surface area contributed by atoms with Crippen LogP contribution in [0.3, 0.4) is 0 Å². The predicted molar refractivity (Wildman–Crippen MR) is 135 cm³/mol. The third-order valence-corrected chi connectivity index (χ3v) is 6.96. The van der Waals surface area contributed by atoms with E-state index < -0.39 is 5.91 Å². The minimum absolute atomic E-state index is 0.313. The van der Waals surface area contributed by atoms with Crippen molar-refractivity contribution < 1.29 is 14.3 Å². The highest BCUT2D eigenvalue weighted by Gasteiger charge is 2.36. The molecule has 0 aliphatic carbocycles. The zero-order valence-corrected chi connectivity index (χ0v) is 20.8. The molecule has 0 N–H and O–H groups in total. The molecule has 2 amide bonds. The lowest BCUT2D eigenvalue weighted by atomic mass is 10.2. The van der Waals surface area contributed by atoms with Gasteiger partial charge in [0.05, 0.1) is 25.1 Å². The van der Waals surface area contributed by atoms with Crippen LogP contribution in [0.15, 0.2) is 70.0 Å². The fourth-order valence-corrected chi connectivity index (χ4v) is 4.83. The summed E-state index contributed by atoms with van der Waals surface area (Å²) in [6.45, 7) is 0.313. The number of ether oxygens (including phenoxy) is 1. The second-order valence-electron chi connectivity index (χ2n) is 6.72. The number of nitrogens with zero attached hydrogens (tertiary/aromatic N) is 1. The van der Waals surface area contributed by atoms with Crippen LogP contribution in [0.5, 0.6) is 5.75 Å². The molecule has 1 saturated heterocycles. The Bertz CT molecular complexity index is 1260. The second kappa shape index (κ2) is 9.89. The van der Waals surface area contributed by atoms with E-state index in [0.29, 0.717) is 42.5 Å². The van der Waals surface area contributed by atoms with Gasteiger partial charge in [-0.05, 0) is 87.4 Å². The summed E-state index contributed by atoms with van der Waals surface area (Å²) in [7, 11) is 0. The van der Waals surface area contributed by atoms with Gasteiger partial charge in [0.1, 0.15) is 12.4 Å². The Kier molecular flexibility index (Phi) is 7.17. The topological polar surface area (TPSA) is 46.6 Å². The Balaban J connectivity index is 1.49. The Labute approximate surface area is 212 Å². The molecule has 3 aromatic carbocycles. The fourth-order valence-electron chi connectivity index (χ4n) is 2.97.